The van der Waals surface area contributed by atoms with Crippen LogP contribution in [-0.4, -0.2) is 34.0 Å². The molecule has 1 amide bonds. The van der Waals surface area contributed by atoms with Gasteiger partial charge in [-0.05, 0) is 49.4 Å². The maximum atomic E-state index is 13.0. The molecule has 1 fully saturated rings. The fraction of sp³-hybridized carbons (Fsp3) is 0.526. The molecule has 2 aromatic rings. The van der Waals surface area contributed by atoms with Crippen molar-refractivity contribution < 1.29 is 13.7 Å². The lowest BCUT2D eigenvalue weighted by Crippen LogP contribution is -2.39. The minimum Gasteiger partial charge on any atom is -0.342 e. The van der Waals surface area contributed by atoms with Crippen LogP contribution in [0.4, 0.5) is 4.39 Å². The fourth-order valence-corrected chi connectivity index (χ4v) is 3.09. The van der Waals surface area contributed by atoms with Gasteiger partial charge in [-0.2, -0.15) is 4.98 Å². The van der Waals surface area contributed by atoms with Crippen LogP contribution in [0.25, 0.3) is 11.4 Å². The minimum atomic E-state index is -0.296. The average Bonchev–Trinajstić information content (AvgIpc) is 3.10. The Labute approximate surface area is 147 Å². The highest BCUT2D eigenvalue weighted by Gasteiger charge is 2.28. The normalized spacial score (nSPS) is 17.9. The zero-order chi connectivity index (χ0) is 17.8. The van der Waals surface area contributed by atoms with E-state index in [2.05, 4.69) is 24.0 Å². The molecule has 0 spiro atoms. The second-order valence-electron chi connectivity index (χ2n) is 7.07. The molecule has 1 atom stereocenters. The van der Waals surface area contributed by atoms with Gasteiger partial charge < -0.3 is 9.42 Å². The first kappa shape index (κ1) is 17.6. The van der Waals surface area contributed by atoms with Crippen molar-refractivity contribution in [2.45, 2.75) is 45.4 Å². The lowest BCUT2D eigenvalue weighted by molar-refractivity contribution is -0.132. The number of nitrogens with zero attached hydrogens (tertiary/aromatic N) is 3. The maximum Gasteiger partial charge on any atom is 0.231 e. The summed E-state index contributed by atoms with van der Waals surface area (Å²) >= 11 is 0. The fourth-order valence-electron chi connectivity index (χ4n) is 3.09. The zero-order valence-electron chi connectivity index (χ0n) is 14.7. The summed E-state index contributed by atoms with van der Waals surface area (Å²) in [5, 5.41) is 4.01. The van der Waals surface area contributed by atoms with Gasteiger partial charge in [0, 0.05) is 25.1 Å². The molecule has 5 nitrogen and oxygen atoms in total. The molecular weight excluding hydrogens is 321 g/mol. The number of hydrogen-bond donors (Lipinski definition) is 0. The summed E-state index contributed by atoms with van der Waals surface area (Å²) in [6.07, 6.45) is 3.37. The Balaban J connectivity index is 1.65. The molecule has 25 heavy (non-hydrogen) atoms. The summed E-state index contributed by atoms with van der Waals surface area (Å²) in [5.41, 5.74) is 0.720. The third-order valence-corrected chi connectivity index (χ3v) is 4.60. The van der Waals surface area contributed by atoms with Gasteiger partial charge in [0.15, 0.2) is 0 Å². The van der Waals surface area contributed by atoms with Gasteiger partial charge in [0.25, 0.3) is 0 Å². The number of piperidine rings is 1. The number of halogens is 1. The van der Waals surface area contributed by atoms with Crippen LogP contribution in [0.2, 0.25) is 0 Å². The third kappa shape index (κ3) is 4.44. The van der Waals surface area contributed by atoms with Gasteiger partial charge in [0.05, 0.1) is 5.92 Å². The van der Waals surface area contributed by atoms with Crippen LogP contribution in [0, 0.1) is 11.7 Å². The van der Waals surface area contributed by atoms with Crippen LogP contribution < -0.4 is 0 Å². The summed E-state index contributed by atoms with van der Waals surface area (Å²) < 4.78 is 18.5. The molecular formula is C19H24FN3O2. The van der Waals surface area contributed by atoms with E-state index in [0.29, 0.717) is 30.6 Å². The summed E-state index contributed by atoms with van der Waals surface area (Å²) in [6.45, 7) is 5.68. The van der Waals surface area contributed by atoms with Crippen LogP contribution in [0.3, 0.4) is 0 Å². The number of benzene rings is 1. The molecule has 0 aliphatic carbocycles. The van der Waals surface area contributed by atoms with E-state index >= 15 is 0 Å². The molecule has 134 valence electrons. The van der Waals surface area contributed by atoms with Gasteiger partial charge in [-0.15, -0.1) is 0 Å². The van der Waals surface area contributed by atoms with E-state index in [1.165, 1.54) is 12.1 Å². The predicted molar refractivity (Wildman–Crippen MR) is 92.3 cm³/mol. The highest BCUT2D eigenvalue weighted by molar-refractivity contribution is 5.76. The number of hydrogen-bond acceptors (Lipinski definition) is 4. The molecule has 6 heteroatoms. The first-order chi connectivity index (χ1) is 12.0. The Morgan fingerprint density at radius 3 is 2.84 bits per heavy atom. The standard InChI is InChI=1S/C19H24FN3O2/c1-13(2)5-10-17(24)23-11-3-4-15(12-23)19-21-18(22-25-19)14-6-8-16(20)9-7-14/h6-9,13,15H,3-5,10-12H2,1-2H3/t15-/m0/s1. The molecule has 1 aliphatic heterocycles. The van der Waals surface area contributed by atoms with Crippen LogP contribution in [0.5, 0.6) is 0 Å². The molecule has 0 N–H and O–H groups in total. The summed E-state index contributed by atoms with van der Waals surface area (Å²) in [5.74, 6) is 1.52. The topological polar surface area (TPSA) is 59.2 Å². The lowest BCUT2D eigenvalue weighted by Gasteiger charge is -2.31. The van der Waals surface area contributed by atoms with Gasteiger partial charge in [0.1, 0.15) is 5.82 Å². The molecule has 0 saturated carbocycles. The number of carbonyl (C=O) groups excluding carboxylic acids is 1. The van der Waals surface area contributed by atoms with Crippen molar-refractivity contribution in [2.75, 3.05) is 13.1 Å². The van der Waals surface area contributed by atoms with Crippen LogP contribution >= 0.6 is 0 Å². The number of likely N-dealkylation sites (tertiary alicyclic amines) is 1. The Hall–Kier alpha value is -2.24. The van der Waals surface area contributed by atoms with E-state index in [1.54, 1.807) is 12.1 Å². The molecule has 0 bridgehead atoms. The lowest BCUT2D eigenvalue weighted by atomic mass is 9.97. The van der Waals surface area contributed by atoms with E-state index in [0.717, 1.165) is 31.4 Å². The second kappa shape index (κ2) is 7.76. The summed E-state index contributed by atoms with van der Waals surface area (Å²) in [4.78, 5) is 18.7. The van der Waals surface area contributed by atoms with Crippen molar-refractivity contribution >= 4 is 5.91 Å². The third-order valence-electron chi connectivity index (χ3n) is 4.60. The molecule has 1 aromatic heterocycles. The van der Waals surface area contributed by atoms with Gasteiger partial charge in [-0.3, -0.25) is 4.79 Å². The van der Waals surface area contributed by atoms with E-state index in [9.17, 15) is 9.18 Å². The highest BCUT2D eigenvalue weighted by Crippen LogP contribution is 2.28. The SMILES string of the molecule is CC(C)CCC(=O)N1CCC[C@H](c2nc(-c3ccc(F)cc3)no2)C1. The summed E-state index contributed by atoms with van der Waals surface area (Å²) in [7, 11) is 0. The molecule has 3 rings (SSSR count). The van der Waals surface area contributed by atoms with Crippen LogP contribution in [0.1, 0.15) is 51.3 Å². The quantitative estimate of drug-likeness (QED) is 0.821. The van der Waals surface area contributed by atoms with E-state index in [4.69, 9.17) is 4.52 Å². The number of carbonyl (C=O) groups is 1. The molecule has 1 aliphatic rings. The highest BCUT2D eigenvalue weighted by atomic mass is 19.1. The zero-order valence-corrected chi connectivity index (χ0v) is 14.7. The van der Waals surface area contributed by atoms with Gasteiger partial charge in [-0.1, -0.05) is 19.0 Å². The largest absolute Gasteiger partial charge is 0.342 e. The maximum absolute atomic E-state index is 13.0. The molecule has 0 radical (unpaired) electrons. The number of aromatic nitrogens is 2. The molecule has 2 heterocycles. The van der Waals surface area contributed by atoms with E-state index in [-0.39, 0.29) is 17.6 Å². The van der Waals surface area contributed by atoms with Gasteiger partial charge in [-0.25, -0.2) is 4.39 Å². The van der Waals surface area contributed by atoms with Crippen molar-refractivity contribution in [1.29, 1.82) is 0 Å². The van der Waals surface area contributed by atoms with E-state index < -0.39 is 0 Å². The van der Waals surface area contributed by atoms with Gasteiger partial charge in [0.2, 0.25) is 17.6 Å². The molecule has 0 unspecified atom stereocenters. The monoisotopic (exact) mass is 345 g/mol. The predicted octanol–water partition coefficient (Wildman–Crippen LogP) is 4.02. The Morgan fingerprint density at radius 2 is 2.12 bits per heavy atom. The van der Waals surface area contributed by atoms with Crippen molar-refractivity contribution in [1.82, 2.24) is 15.0 Å². The van der Waals surface area contributed by atoms with Crippen molar-refractivity contribution in [3.63, 3.8) is 0 Å². The first-order valence-electron chi connectivity index (χ1n) is 8.90. The second-order valence-corrected chi connectivity index (χ2v) is 7.07. The first-order valence-corrected chi connectivity index (χ1v) is 8.90. The number of rotatable bonds is 5. The Morgan fingerprint density at radius 1 is 1.36 bits per heavy atom. The van der Waals surface area contributed by atoms with Gasteiger partial charge >= 0.3 is 0 Å². The average molecular weight is 345 g/mol. The number of amides is 1. The smallest absolute Gasteiger partial charge is 0.231 e. The Bertz CT molecular complexity index is 712. The van der Waals surface area contributed by atoms with Crippen molar-refractivity contribution in [2.24, 2.45) is 5.92 Å². The van der Waals surface area contributed by atoms with Crippen LogP contribution in [0.15, 0.2) is 28.8 Å². The van der Waals surface area contributed by atoms with Crippen molar-refractivity contribution in [3.05, 3.63) is 36.0 Å². The van der Waals surface area contributed by atoms with Crippen LogP contribution in [-0.2, 0) is 4.79 Å². The van der Waals surface area contributed by atoms with Crippen molar-refractivity contribution in [3.8, 4) is 11.4 Å². The Kier molecular flexibility index (Phi) is 5.46. The molecule has 1 saturated heterocycles. The molecule has 1 aromatic carbocycles. The minimum absolute atomic E-state index is 0.0680. The summed E-state index contributed by atoms with van der Waals surface area (Å²) in [6, 6.07) is 6.02. The van der Waals surface area contributed by atoms with E-state index in [1.807, 2.05) is 4.90 Å².